The van der Waals surface area contributed by atoms with Gasteiger partial charge >= 0.3 is 0 Å². The SMILES string of the molecule is Fc1ccc(Br)cc1N1CCNC2(CCCC2)C1. The van der Waals surface area contributed by atoms with E-state index >= 15 is 0 Å². The fourth-order valence-electron chi connectivity index (χ4n) is 3.28. The van der Waals surface area contributed by atoms with Crippen molar-refractivity contribution in [1.82, 2.24) is 5.32 Å². The van der Waals surface area contributed by atoms with Crippen LogP contribution in [0.25, 0.3) is 0 Å². The molecule has 18 heavy (non-hydrogen) atoms. The number of anilines is 1. The molecule has 3 rings (SSSR count). The molecule has 1 heterocycles. The molecule has 0 unspecified atom stereocenters. The van der Waals surface area contributed by atoms with Crippen molar-refractivity contribution in [1.29, 1.82) is 0 Å². The van der Waals surface area contributed by atoms with Crippen LogP contribution in [0, 0.1) is 5.82 Å². The van der Waals surface area contributed by atoms with Gasteiger partial charge in [0.15, 0.2) is 0 Å². The monoisotopic (exact) mass is 312 g/mol. The van der Waals surface area contributed by atoms with E-state index in [1.807, 2.05) is 6.07 Å². The number of benzene rings is 1. The standard InChI is InChI=1S/C14H18BrFN2/c15-11-3-4-12(16)13(9-11)18-8-7-17-14(10-18)5-1-2-6-14/h3-4,9,17H,1-2,5-8,10H2. The molecule has 1 aliphatic carbocycles. The second-order valence-corrected chi connectivity index (χ2v) is 6.35. The lowest BCUT2D eigenvalue weighted by molar-refractivity contribution is 0.302. The van der Waals surface area contributed by atoms with E-state index in [4.69, 9.17) is 0 Å². The third-order valence-corrected chi connectivity index (χ3v) is 4.68. The van der Waals surface area contributed by atoms with Gasteiger partial charge in [0.05, 0.1) is 5.69 Å². The topological polar surface area (TPSA) is 15.3 Å². The average Bonchev–Trinajstić information content (AvgIpc) is 2.80. The number of rotatable bonds is 1. The zero-order chi connectivity index (χ0) is 12.6. The molecule has 2 aliphatic rings. The quantitative estimate of drug-likeness (QED) is 0.856. The summed E-state index contributed by atoms with van der Waals surface area (Å²) in [5.41, 5.74) is 0.963. The van der Waals surface area contributed by atoms with Gasteiger partial charge in [0.2, 0.25) is 0 Å². The molecule has 1 aliphatic heterocycles. The number of halogens is 2. The van der Waals surface area contributed by atoms with Crippen molar-refractivity contribution in [2.24, 2.45) is 0 Å². The van der Waals surface area contributed by atoms with Crippen molar-refractivity contribution in [3.63, 3.8) is 0 Å². The van der Waals surface area contributed by atoms with E-state index in [2.05, 4.69) is 26.1 Å². The first-order valence-corrected chi connectivity index (χ1v) is 7.43. The Balaban J connectivity index is 1.85. The minimum absolute atomic E-state index is 0.117. The molecule has 1 saturated heterocycles. The van der Waals surface area contributed by atoms with Gasteiger partial charge in [0.25, 0.3) is 0 Å². The lowest BCUT2D eigenvalue weighted by atomic mass is 9.94. The van der Waals surface area contributed by atoms with E-state index < -0.39 is 0 Å². The van der Waals surface area contributed by atoms with Crippen LogP contribution < -0.4 is 10.2 Å². The Kier molecular flexibility index (Phi) is 3.32. The fourth-order valence-corrected chi connectivity index (χ4v) is 3.63. The molecule has 0 atom stereocenters. The summed E-state index contributed by atoms with van der Waals surface area (Å²) in [4.78, 5) is 2.20. The molecule has 0 amide bonds. The predicted molar refractivity (Wildman–Crippen MR) is 75.5 cm³/mol. The van der Waals surface area contributed by atoms with Gasteiger partial charge in [-0.1, -0.05) is 28.8 Å². The number of nitrogens with one attached hydrogen (secondary N) is 1. The summed E-state index contributed by atoms with van der Waals surface area (Å²) in [6.07, 6.45) is 5.03. The molecular formula is C14H18BrFN2. The van der Waals surface area contributed by atoms with E-state index in [1.54, 1.807) is 12.1 Å². The first-order valence-electron chi connectivity index (χ1n) is 6.64. The lowest BCUT2D eigenvalue weighted by Crippen LogP contribution is -2.59. The zero-order valence-electron chi connectivity index (χ0n) is 10.4. The number of piperazine rings is 1. The maximum Gasteiger partial charge on any atom is 0.146 e. The largest absolute Gasteiger partial charge is 0.366 e. The minimum Gasteiger partial charge on any atom is -0.366 e. The third kappa shape index (κ3) is 2.28. The Hall–Kier alpha value is -0.610. The molecule has 0 bridgehead atoms. The predicted octanol–water partition coefficient (Wildman–Crippen LogP) is 3.31. The van der Waals surface area contributed by atoms with Crippen LogP contribution in [-0.4, -0.2) is 25.2 Å². The second kappa shape index (κ2) is 4.82. The highest BCUT2D eigenvalue weighted by Crippen LogP contribution is 2.34. The van der Waals surface area contributed by atoms with Gasteiger partial charge in [-0.2, -0.15) is 0 Å². The summed E-state index contributed by atoms with van der Waals surface area (Å²) in [5, 5.41) is 3.65. The number of nitrogens with zero attached hydrogens (tertiary/aromatic N) is 1. The molecular weight excluding hydrogens is 295 g/mol. The molecule has 2 nitrogen and oxygen atoms in total. The second-order valence-electron chi connectivity index (χ2n) is 5.43. The zero-order valence-corrected chi connectivity index (χ0v) is 12.0. The molecule has 98 valence electrons. The van der Waals surface area contributed by atoms with E-state index in [-0.39, 0.29) is 11.4 Å². The molecule has 1 aromatic rings. The minimum atomic E-state index is -0.117. The van der Waals surface area contributed by atoms with Crippen LogP contribution in [0.5, 0.6) is 0 Å². The highest BCUT2D eigenvalue weighted by Gasteiger charge is 2.38. The first-order chi connectivity index (χ1) is 8.69. The van der Waals surface area contributed by atoms with Crippen molar-refractivity contribution in [2.75, 3.05) is 24.5 Å². The first kappa shape index (κ1) is 12.4. The van der Waals surface area contributed by atoms with Crippen molar-refractivity contribution in [3.05, 3.63) is 28.5 Å². The van der Waals surface area contributed by atoms with Crippen LogP contribution in [0.15, 0.2) is 22.7 Å². The number of hydrogen-bond acceptors (Lipinski definition) is 2. The van der Waals surface area contributed by atoms with Crippen molar-refractivity contribution >= 4 is 21.6 Å². The molecule has 1 aromatic carbocycles. The summed E-state index contributed by atoms with van der Waals surface area (Å²) in [6.45, 7) is 2.77. The molecule has 1 saturated carbocycles. The smallest absolute Gasteiger partial charge is 0.146 e. The van der Waals surface area contributed by atoms with Crippen LogP contribution in [0.3, 0.4) is 0 Å². The van der Waals surface area contributed by atoms with E-state index in [0.29, 0.717) is 0 Å². The average molecular weight is 313 g/mol. The van der Waals surface area contributed by atoms with Gasteiger partial charge < -0.3 is 10.2 Å². The van der Waals surface area contributed by atoms with Gasteiger partial charge in [0.1, 0.15) is 5.82 Å². The maximum atomic E-state index is 13.9. The van der Waals surface area contributed by atoms with Crippen LogP contribution in [0.2, 0.25) is 0 Å². The van der Waals surface area contributed by atoms with Crippen molar-refractivity contribution < 1.29 is 4.39 Å². The van der Waals surface area contributed by atoms with Crippen molar-refractivity contribution in [3.8, 4) is 0 Å². The van der Waals surface area contributed by atoms with Crippen LogP contribution in [0.4, 0.5) is 10.1 Å². The van der Waals surface area contributed by atoms with Gasteiger partial charge in [-0.15, -0.1) is 0 Å². The lowest BCUT2D eigenvalue weighted by Gasteiger charge is -2.42. The highest BCUT2D eigenvalue weighted by atomic mass is 79.9. The van der Waals surface area contributed by atoms with Crippen LogP contribution >= 0.6 is 15.9 Å². The van der Waals surface area contributed by atoms with E-state index in [9.17, 15) is 4.39 Å². The Labute approximate surface area is 116 Å². The highest BCUT2D eigenvalue weighted by molar-refractivity contribution is 9.10. The van der Waals surface area contributed by atoms with E-state index in [0.717, 1.165) is 29.8 Å². The van der Waals surface area contributed by atoms with Crippen LogP contribution in [0.1, 0.15) is 25.7 Å². The molecule has 0 aromatic heterocycles. The summed E-state index contributed by atoms with van der Waals surface area (Å²) < 4.78 is 14.9. The van der Waals surface area contributed by atoms with Gasteiger partial charge in [-0.05, 0) is 31.0 Å². The molecule has 1 spiro atoms. The van der Waals surface area contributed by atoms with Crippen molar-refractivity contribution in [2.45, 2.75) is 31.2 Å². The maximum absolute atomic E-state index is 13.9. The van der Waals surface area contributed by atoms with Gasteiger partial charge in [-0.3, -0.25) is 0 Å². The summed E-state index contributed by atoms with van der Waals surface area (Å²) in [5.74, 6) is -0.117. The molecule has 4 heteroatoms. The Morgan fingerprint density at radius 3 is 2.83 bits per heavy atom. The molecule has 1 N–H and O–H groups in total. The van der Waals surface area contributed by atoms with Crippen LogP contribution in [-0.2, 0) is 0 Å². The fraction of sp³-hybridized carbons (Fsp3) is 0.571. The Bertz CT molecular complexity index is 443. The van der Waals surface area contributed by atoms with Gasteiger partial charge in [0, 0.05) is 29.6 Å². The number of hydrogen-bond donors (Lipinski definition) is 1. The summed E-state index contributed by atoms with van der Waals surface area (Å²) >= 11 is 3.43. The molecule has 0 radical (unpaired) electrons. The Morgan fingerprint density at radius 2 is 2.06 bits per heavy atom. The Morgan fingerprint density at radius 1 is 1.28 bits per heavy atom. The summed E-state index contributed by atoms with van der Waals surface area (Å²) in [6, 6.07) is 5.19. The van der Waals surface area contributed by atoms with Gasteiger partial charge in [-0.25, -0.2) is 4.39 Å². The van der Waals surface area contributed by atoms with E-state index in [1.165, 1.54) is 25.7 Å². The normalized spacial score (nSPS) is 22.7. The molecule has 2 fully saturated rings. The summed E-state index contributed by atoms with van der Waals surface area (Å²) in [7, 11) is 0. The third-order valence-electron chi connectivity index (χ3n) is 4.18.